The van der Waals surface area contributed by atoms with E-state index in [2.05, 4.69) is 39.2 Å². The number of likely N-dealkylation sites (N-methyl/N-ethyl adjacent to an activating group) is 1. The normalized spacial score (nSPS) is 19.8. The fourth-order valence-corrected chi connectivity index (χ4v) is 3.12. The van der Waals surface area contributed by atoms with Crippen LogP contribution in [0, 0.1) is 0 Å². The average molecular weight is 343 g/mol. The van der Waals surface area contributed by atoms with Crippen LogP contribution in [0.2, 0.25) is 0 Å². The molecule has 1 aromatic rings. The van der Waals surface area contributed by atoms with Crippen LogP contribution in [-0.2, 0) is 15.9 Å². The van der Waals surface area contributed by atoms with E-state index in [9.17, 15) is 0 Å². The van der Waals surface area contributed by atoms with Crippen LogP contribution >= 0.6 is 15.9 Å². The zero-order valence-electron chi connectivity index (χ0n) is 12.2. The van der Waals surface area contributed by atoms with Gasteiger partial charge >= 0.3 is 0 Å². The van der Waals surface area contributed by atoms with E-state index >= 15 is 0 Å². The summed E-state index contributed by atoms with van der Waals surface area (Å²) >= 11 is 3.42. The fraction of sp³-hybridized carbons (Fsp3) is 0.667. The van der Waals surface area contributed by atoms with E-state index in [1.54, 1.807) is 0 Å². The van der Waals surface area contributed by atoms with Gasteiger partial charge in [-0.2, -0.15) is 0 Å². The number of hydrogen-bond donors (Lipinski definition) is 1. The highest BCUT2D eigenvalue weighted by atomic mass is 79.9. The van der Waals surface area contributed by atoms with Crippen molar-refractivity contribution in [2.45, 2.75) is 37.8 Å². The van der Waals surface area contributed by atoms with Crippen molar-refractivity contribution in [2.24, 2.45) is 0 Å². The molecule has 1 atom stereocenters. The fourth-order valence-electron chi connectivity index (χ4n) is 2.89. The standard InChI is InChI=1S/C15H23BrN2O2/c1-3-20-15(6-8-19-9-7-15)14(17-2)10-13-5-4-12(16)11-18-13/h4-5,11,14,17H,3,6-10H2,1-2H3. The van der Waals surface area contributed by atoms with Gasteiger partial charge < -0.3 is 14.8 Å². The van der Waals surface area contributed by atoms with Crippen molar-refractivity contribution < 1.29 is 9.47 Å². The van der Waals surface area contributed by atoms with Crippen molar-refractivity contribution in [3.05, 3.63) is 28.5 Å². The van der Waals surface area contributed by atoms with Gasteiger partial charge in [0, 0.05) is 61.5 Å². The van der Waals surface area contributed by atoms with Gasteiger partial charge in [-0.25, -0.2) is 0 Å². The molecule has 1 fully saturated rings. The Morgan fingerprint density at radius 2 is 2.20 bits per heavy atom. The Morgan fingerprint density at radius 1 is 1.45 bits per heavy atom. The summed E-state index contributed by atoms with van der Waals surface area (Å²) in [6.07, 6.45) is 4.58. The van der Waals surface area contributed by atoms with Gasteiger partial charge in [0.1, 0.15) is 0 Å². The van der Waals surface area contributed by atoms with Crippen LogP contribution in [0.15, 0.2) is 22.8 Å². The van der Waals surface area contributed by atoms with Gasteiger partial charge in [0.05, 0.1) is 5.60 Å². The van der Waals surface area contributed by atoms with Crippen LogP contribution in [0.25, 0.3) is 0 Å². The molecule has 5 heteroatoms. The van der Waals surface area contributed by atoms with Crippen molar-refractivity contribution in [2.75, 3.05) is 26.9 Å². The van der Waals surface area contributed by atoms with Gasteiger partial charge in [-0.15, -0.1) is 0 Å². The Hall–Kier alpha value is -0.490. The number of ether oxygens (including phenoxy) is 2. The van der Waals surface area contributed by atoms with E-state index < -0.39 is 0 Å². The molecule has 20 heavy (non-hydrogen) atoms. The maximum absolute atomic E-state index is 6.14. The van der Waals surface area contributed by atoms with Crippen LogP contribution in [0.5, 0.6) is 0 Å². The molecule has 0 aliphatic carbocycles. The molecule has 2 heterocycles. The van der Waals surface area contributed by atoms with Gasteiger partial charge in [-0.3, -0.25) is 4.98 Å². The van der Waals surface area contributed by atoms with Gasteiger partial charge in [0.25, 0.3) is 0 Å². The van der Waals surface area contributed by atoms with Gasteiger partial charge in [0.15, 0.2) is 0 Å². The summed E-state index contributed by atoms with van der Waals surface area (Å²) in [5.74, 6) is 0. The van der Waals surface area contributed by atoms with Crippen molar-refractivity contribution in [3.63, 3.8) is 0 Å². The second kappa shape index (κ2) is 7.50. The molecule has 1 aliphatic heterocycles. The summed E-state index contributed by atoms with van der Waals surface area (Å²) in [4.78, 5) is 4.48. The quantitative estimate of drug-likeness (QED) is 0.862. The first-order valence-electron chi connectivity index (χ1n) is 7.19. The first-order valence-corrected chi connectivity index (χ1v) is 7.99. The summed E-state index contributed by atoms with van der Waals surface area (Å²) in [5, 5.41) is 3.43. The molecule has 0 spiro atoms. The lowest BCUT2D eigenvalue weighted by molar-refractivity contribution is -0.125. The van der Waals surface area contributed by atoms with E-state index in [4.69, 9.17) is 9.47 Å². The summed E-state index contributed by atoms with van der Waals surface area (Å²) in [7, 11) is 2.00. The summed E-state index contributed by atoms with van der Waals surface area (Å²) < 4.78 is 12.6. The first kappa shape index (κ1) is 15.9. The zero-order chi connectivity index (χ0) is 14.4. The molecule has 1 saturated heterocycles. The monoisotopic (exact) mass is 342 g/mol. The van der Waals surface area contributed by atoms with E-state index in [-0.39, 0.29) is 11.6 Å². The highest BCUT2D eigenvalue weighted by Gasteiger charge is 2.40. The number of nitrogens with zero attached hydrogens (tertiary/aromatic N) is 1. The van der Waals surface area contributed by atoms with Crippen molar-refractivity contribution >= 4 is 15.9 Å². The Morgan fingerprint density at radius 3 is 2.75 bits per heavy atom. The van der Waals surface area contributed by atoms with E-state index in [1.165, 1.54) is 0 Å². The van der Waals surface area contributed by atoms with Crippen LogP contribution in [0.3, 0.4) is 0 Å². The number of pyridine rings is 1. The smallest absolute Gasteiger partial charge is 0.0882 e. The van der Waals surface area contributed by atoms with Crippen molar-refractivity contribution in [1.29, 1.82) is 0 Å². The number of rotatable bonds is 6. The largest absolute Gasteiger partial charge is 0.381 e. The number of aromatic nitrogens is 1. The molecule has 1 aromatic heterocycles. The second-order valence-corrected chi connectivity index (χ2v) is 6.04. The van der Waals surface area contributed by atoms with Gasteiger partial charge in [-0.1, -0.05) is 0 Å². The Bertz CT molecular complexity index is 399. The Labute approximate surface area is 129 Å². The molecule has 4 nitrogen and oxygen atoms in total. The molecule has 0 radical (unpaired) electrons. The first-order chi connectivity index (χ1) is 9.70. The molecule has 1 aliphatic rings. The number of hydrogen-bond acceptors (Lipinski definition) is 4. The van der Waals surface area contributed by atoms with Crippen molar-refractivity contribution in [1.82, 2.24) is 10.3 Å². The SMILES string of the molecule is CCOC1(C(Cc2ccc(Br)cn2)NC)CCOCC1. The number of halogens is 1. The molecule has 2 rings (SSSR count). The van der Waals surface area contributed by atoms with Crippen LogP contribution in [0.1, 0.15) is 25.5 Å². The predicted octanol–water partition coefficient (Wildman–Crippen LogP) is 2.56. The van der Waals surface area contributed by atoms with E-state index in [0.717, 1.165) is 49.2 Å². The number of nitrogens with one attached hydrogen (secondary N) is 1. The maximum Gasteiger partial charge on any atom is 0.0882 e. The molecule has 0 bridgehead atoms. The maximum atomic E-state index is 6.14. The molecular weight excluding hydrogens is 320 g/mol. The summed E-state index contributed by atoms with van der Waals surface area (Å²) in [5.41, 5.74) is 0.939. The summed E-state index contributed by atoms with van der Waals surface area (Å²) in [6.45, 7) is 4.33. The van der Waals surface area contributed by atoms with Crippen LogP contribution in [0.4, 0.5) is 0 Å². The van der Waals surface area contributed by atoms with Crippen molar-refractivity contribution in [3.8, 4) is 0 Å². The summed E-state index contributed by atoms with van der Waals surface area (Å²) in [6, 6.07) is 4.35. The third-order valence-corrected chi connectivity index (χ3v) is 4.43. The highest BCUT2D eigenvalue weighted by molar-refractivity contribution is 9.10. The van der Waals surface area contributed by atoms with Gasteiger partial charge in [-0.05, 0) is 42.0 Å². The average Bonchev–Trinajstić information content (AvgIpc) is 2.48. The molecule has 1 unspecified atom stereocenters. The highest BCUT2D eigenvalue weighted by Crippen LogP contribution is 2.30. The van der Waals surface area contributed by atoms with E-state index in [0.29, 0.717) is 0 Å². The Balaban J connectivity index is 2.13. The molecule has 0 aromatic carbocycles. The molecule has 1 N–H and O–H groups in total. The zero-order valence-corrected chi connectivity index (χ0v) is 13.8. The second-order valence-electron chi connectivity index (χ2n) is 5.12. The van der Waals surface area contributed by atoms with Crippen LogP contribution in [-0.4, -0.2) is 43.5 Å². The van der Waals surface area contributed by atoms with Crippen LogP contribution < -0.4 is 5.32 Å². The third kappa shape index (κ3) is 3.79. The topological polar surface area (TPSA) is 43.4 Å². The van der Waals surface area contributed by atoms with E-state index in [1.807, 2.05) is 19.3 Å². The molecular formula is C15H23BrN2O2. The minimum absolute atomic E-state index is 0.142. The minimum Gasteiger partial charge on any atom is -0.381 e. The Kier molecular flexibility index (Phi) is 5.96. The minimum atomic E-state index is -0.142. The molecule has 0 amide bonds. The lowest BCUT2D eigenvalue weighted by Gasteiger charge is -2.43. The lowest BCUT2D eigenvalue weighted by atomic mass is 9.83. The third-order valence-electron chi connectivity index (χ3n) is 3.96. The molecule has 112 valence electrons. The predicted molar refractivity (Wildman–Crippen MR) is 82.9 cm³/mol. The molecule has 0 saturated carbocycles. The van der Waals surface area contributed by atoms with Gasteiger partial charge in [0.2, 0.25) is 0 Å². The lowest BCUT2D eigenvalue weighted by Crippen LogP contribution is -2.55.